The average Bonchev–Trinajstić information content (AvgIpc) is 2.42. The first-order valence-electron chi connectivity index (χ1n) is 8.33. The number of aliphatic hydroxyl groups is 1. The lowest BCUT2D eigenvalue weighted by Crippen LogP contribution is -2.41. The summed E-state index contributed by atoms with van der Waals surface area (Å²) in [4.78, 5) is 0. The van der Waals surface area contributed by atoms with Gasteiger partial charge in [0.25, 0.3) is 0 Å². The molecule has 2 nitrogen and oxygen atoms in total. The fourth-order valence-electron chi connectivity index (χ4n) is 2.66. The Morgan fingerprint density at radius 3 is 1.84 bits per heavy atom. The number of unbranched alkanes of at least 4 members (excludes halogenated alkanes) is 3. The van der Waals surface area contributed by atoms with Crippen LogP contribution in [0.25, 0.3) is 0 Å². The van der Waals surface area contributed by atoms with Gasteiger partial charge in [-0.15, -0.1) is 0 Å². The summed E-state index contributed by atoms with van der Waals surface area (Å²) in [5.41, 5.74) is 0. The van der Waals surface area contributed by atoms with E-state index in [2.05, 4.69) is 34.6 Å². The van der Waals surface area contributed by atoms with Gasteiger partial charge in [-0.05, 0) is 36.9 Å². The molecule has 0 saturated carbocycles. The minimum absolute atomic E-state index is 0.335. The van der Waals surface area contributed by atoms with Crippen molar-refractivity contribution in [2.75, 3.05) is 6.61 Å². The maximum absolute atomic E-state index is 8.79. The van der Waals surface area contributed by atoms with Crippen LogP contribution in [0.1, 0.15) is 66.7 Å². The molecule has 0 aliphatic carbocycles. The Morgan fingerprint density at radius 1 is 0.895 bits per heavy atom. The van der Waals surface area contributed by atoms with Gasteiger partial charge < -0.3 is 9.53 Å². The van der Waals surface area contributed by atoms with Crippen LogP contribution in [0.5, 0.6) is 0 Å². The van der Waals surface area contributed by atoms with Crippen molar-refractivity contribution in [1.82, 2.24) is 0 Å². The van der Waals surface area contributed by atoms with E-state index in [4.69, 9.17) is 9.53 Å². The molecule has 116 valence electrons. The summed E-state index contributed by atoms with van der Waals surface area (Å²) in [6.45, 7) is 11.8. The van der Waals surface area contributed by atoms with Crippen LogP contribution in [0.3, 0.4) is 0 Å². The molecule has 0 aromatic carbocycles. The van der Waals surface area contributed by atoms with Crippen LogP contribution in [0.2, 0.25) is 18.1 Å². The molecule has 0 rings (SSSR count). The molecule has 0 aromatic heterocycles. The molecule has 0 spiro atoms. The molecule has 0 heterocycles. The zero-order valence-electron chi connectivity index (χ0n) is 13.9. The lowest BCUT2D eigenvalue weighted by molar-refractivity contribution is 0.125. The van der Waals surface area contributed by atoms with E-state index in [1.165, 1.54) is 37.4 Å². The monoisotopic (exact) mass is 288 g/mol. The Hall–Kier alpha value is 0.137. The summed E-state index contributed by atoms with van der Waals surface area (Å²) >= 11 is 0. The van der Waals surface area contributed by atoms with Crippen LogP contribution in [-0.4, -0.2) is 26.1 Å². The number of hydrogen-bond acceptors (Lipinski definition) is 2. The Labute approximate surface area is 122 Å². The molecule has 1 unspecified atom stereocenters. The molecule has 0 aliphatic heterocycles. The minimum atomic E-state index is -1.46. The Morgan fingerprint density at radius 2 is 1.42 bits per heavy atom. The van der Waals surface area contributed by atoms with Gasteiger partial charge in [0.1, 0.15) is 0 Å². The third-order valence-corrected chi connectivity index (χ3v) is 9.14. The lowest BCUT2D eigenvalue weighted by Gasteiger charge is -2.35. The molecule has 0 bridgehead atoms. The first-order valence-corrected chi connectivity index (χ1v) is 10.9. The van der Waals surface area contributed by atoms with Crippen LogP contribution in [-0.2, 0) is 4.43 Å². The number of hydrogen-bond donors (Lipinski definition) is 1. The van der Waals surface area contributed by atoms with Crippen molar-refractivity contribution in [3.63, 3.8) is 0 Å². The standard InChI is InChI=1S/C16H36O2Si/c1-6-19(7-2,8-3)18-16(15(4)5)13-11-9-10-12-14-17/h15-17H,6-14H2,1-5H3. The van der Waals surface area contributed by atoms with E-state index in [9.17, 15) is 0 Å². The van der Waals surface area contributed by atoms with Crippen molar-refractivity contribution >= 4 is 8.32 Å². The van der Waals surface area contributed by atoms with Gasteiger partial charge in [0.2, 0.25) is 0 Å². The summed E-state index contributed by atoms with van der Waals surface area (Å²) in [5.74, 6) is 0.620. The van der Waals surface area contributed by atoms with Crippen molar-refractivity contribution in [2.24, 2.45) is 5.92 Å². The molecule has 0 aromatic rings. The van der Waals surface area contributed by atoms with E-state index in [-0.39, 0.29) is 0 Å². The largest absolute Gasteiger partial charge is 0.414 e. The smallest absolute Gasteiger partial charge is 0.192 e. The van der Waals surface area contributed by atoms with Gasteiger partial charge in [-0.1, -0.05) is 53.9 Å². The highest BCUT2D eigenvalue weighted by molar-refractivity contribution is 6.73. The van der Waals surface area contributed by atoms with Gasteiger partial charge >= 0.3 is 0 Å². The summed E-state index contributed by atoms with van der Waals surface area (Å²) in [7, 11) is -1.46. The molecular weight excluding hydrogens is 252 g/mol. The maximum atomic E-state index is 8.79. The van der Waals surface area contributed by atoms with Crippen molar-refractivity contribution in [3.05, 3.63) is 0 Å². The third kappa shape index (κ3) is 7.47. The van der Waals surface area contributed by atoms with Gasteiger partial charge in [0.05, 0.1) is 0 Å². The molecule has 1 atom stereocenters. The van der Waals surface area contributed by atoms with Crippen molar-refractivity contribution in [3.8, 4) is 0 Å². The highest BCUT2D eigenvalue weighted by Crippen LogP contribution is 2.27. The van der Waals surface area contributed by atoms with Crippen molar-refractivity contribution in [2.45, 2.75) is 91.0 Å². The van der Waals surface area contributed by atoms with Crippen LogP contribution < -0.4 is 0 Å². The van der Waals surface area contributed by atoms with Gasteiger partial charge in [-0.25, -0.2) is 0 Å². The average molecular weight is 289 g/mol. The van der Waals surface area contributed by atoms with Crippen molar-refractivity contribution < 1.29 is 9.53 Å². The van der Waals surface area contributed by atoms with E-state index in [0.717, 1.165) is 12.8 Å². The van der Waals surface area contributed by atoms with Crippen molar-refractivity contribution in [1.29, 1.82) is 0 Å². The molecule has 0 fully saturated rings. The molecule has 0 saturated heterocycles. The first-order chi connectivity index (χ1) is 9.05. The van der Waals surface area contributed by atoms with Gasteiger partial charge in [-0.3, -0.25) is 0 Å². The predicted molar refractivity (Wildman–Crippen MR) is 87.1 cm³/mol. The fourth-order valence-corrected chi connectivity index (χ4v) is 5.69. The summed E-state index contributed by atoms with van der Waals surface area (Å²) in [6.07, 6.45) is 6.21. The van der Waals surface area contributed by atoms with E-state index in [1.54, 1.807) is 0 Å². The molecule has 0 amide bonds. The normalized spacial score (nSPS) is 14.1. The fraction of sp³-hybridized carbons (Fsp3) is 1.00. The SMILES string of the molecule is CC[Si](CC)(CC)OC(CCCCCCO)C(C)C. The second kappa shape index (κ2) is 10.9. The first kappa shape index (κ1) is 19.1. The zero-order chi connectivity index (χ0) is 14.7. The van der Waals surface area contributed by atoms with Crippen LogP contribution in [0.4, 0.5) is 0 Å². The summed E-state index contributed by atoms with van der Waals surface area (Å²) in [6, 6.07) is 3.73. The third-order valence-electron chi connectivity index (χ3n) is 4.47. The second-order valence-electron chi connectivity index (χ2n) is 6.07. The molecule has 0 radical (unpaired) electrons. The van der Waals surface area contributed by atoms with Crippen LogP contribution in [0.15, 0.2) is 0 Å². The number of rotatable bonds is 12. The van der Waals surface area contributed by atoms with Gasteiger partial charge in [-0.2, -0.15) is 0 Å². The van der Waals surface area contributed by atoms with E-state index >= 15 is 0 Å². The molecule has 0 aliphatic rings. The second-order valence-corrected chi connectivity index (χ2v) is 10.8. The topological polar surface area (TPSA) is 29.5 Å². The number of aliphatic hydroxyl groups excluding tert-OH is 1. The summed E-state index contributed by atoms with van der Waals surface area (Å²) < 4.78 is 6.64. The Kier molecular flexibility index (Phi) is 10.9. The predicted octanol–water partition coefficient (Wildman–Crippen LogP) is 4.98. The van der Waals surface area contributed by atoms with E-state index in [0.29, 0.717) is 18.6 Å². The Balaban J connectivity index is 4.24. The lowest BCUT2D eigenvalue weighted by atomic mass is 10.0. The highest BCUT2D eigenvalue weighted by atomic mass is 28.4. The Bertz CT molecular complexity index is 195. The highest BCUT2D eigenvalue weighted by Gasteiger charge is 2.32. The van der Waals surface area contributed by atoms with Gasteiger partial charge in [0.15, 0.2) is 8.32 Å². The van der Waals surface area contributed by atoms with Gasteiger partial charge in [0, 0.05) is 12.7 Å². The molecule has 1 N–H and O–H groups in total. The molecular formula is C16H36O2Si. The zero-order valence-corrected chi connectivity index (χ0v) is 14.9. The van der Waals surface area contributed by atoms with Crippen LogP contribution in [0, 0.1) is 5.92 Å². The maximum Gasteiger partial charge on any atom is 0.192 e. The van der Waals surface area contributed by atoms with E-state index < -0.39 is 8.32 Å². The molecule has 3 heteroatoms. The van der Waals surface area contributed by atoms with Crippen LogP contribution >= 0.6 is 0 Å². The summed E-state index contributed by atoms with van der Waals surface area (Å²) in [5, 5.41) is 8.79. The molecule has 19 heavy (non-hydrogen) atoms. The van der Waals surface area contributed by atoms with E-state index in [1.807, 2.05) is 0 Å². The quantitative estimate of drug-likeness (QED) is 0.405. The minimum Gasteiger partial charge on any atom is -0.414 e.